The van der Waals surface area contributed by atoms with Gasteiger partial charge in [-0.3, -0.25) is 9.78 Å². The summed E-state index contributed by atoms with van der Waals surface area (Å²) in [7, 11) is 2.82. The number of carbonyl (C=O) groups is 1. The number of carbonyl (C=O) groups excluding carboxylic acids is 1. The van der Waals surface area contributed by atoms with E-state index in [0.717, 1.165) is 18.5 Å². The van der Waals surface area contributed by atoms with Gasteiger partial charge in [-0.2, -0.15) is 0 Å². The van der Waals surface area contributed by atoms with E-state index in [-0.39, 0.29) is 16.7 Å². The highest BCUT2D eigenvalue weighted by Crippen LogP contribution is 2.46. The molecule has 0 aliphatic heterocycles. The minimum Gasteiger partial charge on any atom is -0.493 e. The summed E-state index contributed by atoms with van der Waals surface area (Å²) >= 11 is 0. The average molecular weight is 330 g/mol. The van der Waals surface area contributed by atoms with Crippen molar-refractivity contribution in [3.63, 3.8) is 0 Å². The van der Waals surface area contributed by atoms with Crippen molar-refractivity contribution in [2.24, 2.45) is 0 Å². The molecule has 0 bridgehead atoms. The van der Waals surface area contributed by atoms with Gasteiger partial charge in [-0.25, -0.2) is 4.39 Å². The maximum Gasteiger partial charge on any atom is 0.258 e. The molecule has 126 valence electrons. The van der Waals surface area contributed by atoms with Crippen molar-refractivity contribution in [1.82, 2.24) is 10.3 Å². The third-order valence-electron chi connectivity index (χ3n) is 4.37. The van der Waals surface area contributed by atoms with E-state index in [1.54, 1.807) is 6.20 Å². The van der Waals surface area contributed by atoms with Gasteiger partial charge in [0, 0.05) is 23.9 Å². The van der Waals surface area contributed by atoms with Crippen molar-refractivity contribution in [2.45, 2.75) is 18.3 Å². The van der Waals surface area contributed by atoms with Gasteiger partial charge >= 0.3 is 0 Å². The SMILES string of the molecule is COc1ccc(F)c(C(=O)NCC2(c3ccccn3)CC2)c1OC. The molecule has 6 heteroatoms. The Morgan fingerprint density at radius 1 is 1.25 bits per heavy atom. The molecule has 5 nitrogen and oxygen atoms in total. The molecule has 1 saturated carbocycles. The number of hydrogen-bond acceptors (Lipinski definition) is 4. The minimum atomic E-state index is -0.646. The summed E-state index contributed by atoms with van der Waals surface area (Å²) in [5, 5.41) is 2.81. The molecule has 1 amide bonds. The quantitative estimate of drug-likeness (QED) is 0.885. The molecule has 3 rings (SSSR count). The Morgan fingerprint density at radius 3 is 2.62 bits per heavy atom. The number of halogens is 1. The van der Waals surface area contributed by atoms with E-state index in [4.69, 9.17) is 9.47 Å². The first-order valence-corrected chi connectivity index (χ1v) is 7.71. The molecule has 1 heterocycles. The lowest BCUT2D eigenvalue weighted by molar-refractivity contribution is 0.0941. The largest absolute Gasteiger partial charge is 0.493 e. The molecule has 1 aliphatic carbocycles. The minimum absolute atomic E-state index is 0.0951. The maximum atomic E-state index is 14.2. The van der Waals surface area contributed by atoms with Crippen LogP contribution in [0.1, 0.15) is 28.9 Å². The standard InChI is InChI=1S/C18H19FN2O3/c1-23-13-7-6-12(19)15(16(13)24-2)17(22)21-11-18(8-9-18)14-5-3-4-10-20-14/h3-7,10H,8-9,11H2,1-2H3,(H,21,22). The van der Waals surface area contributed by atoms with E-state index in [0.29, 0.717) is 12.3 Å². The van der Waals surface area contributed by atoms with E-state index in [1.807, 2.05) is 18.2 Å². The highest BCUT2D eigenvalue weighted by molar-refractivity contribution is 5.98. The summed E-state index contributed by atoms with van der Waals surface area (Å²) < 4.78 is 24.4. The van der Waals surface area contributed by atoms with E-state index in [2.05, 4.69) is 10.3 Å². The second-order valence-corrected chi connectivity index (χ2v) is 5.84. The van der Waals surface area contributed by atoms with E-state index in [9.17, 15) is 9.18 Å². The first-order valence-electron chi connectivity index (χ1n) is 7.71. The normalized spacial score (nSPS) is 14.8. The second kappa shape index (κ2) is 6.47. The number of benzene rings is 1. The summed E-state index contributed by atoms with van der Waals surface area (Å²) in [5.74, 6) is -0.758. The Morgan fingerprint density at radius 2 is 2.04 bits per heavy atom. The first kappa shape index (κ1) is 16.2. The van der Waals surface area contributed by atoms with Crippen LogP contribution < -0.4 is 14.8 Å². The average Bonchev–Trinajstić information content (AvgIpc) is 3.41. The van der Waals surface area contributed by atoms with Gasteiger partial charge in [0.2, 0.25) is 0 Å². The van der Waals surface area contributed by atoms with Crippen LogP contribution in [0.4, 0.5) is 4.39 Å². The van der Waals surface area contributed by atoms with Crippen LogP contribution >= 0.6 is 0 Å². The predicted octanol–water partition coefficient (Wildman–Crippen LogP) is 2.70. The van der Waals surface area contributed by atoms with Crippen molar-refractivity contribution in [2.75, 3.05) is 20.8 Å². The number of aromatic nitrogens is 1. The number of pyridine rings is 1. The lowest BCUT2D eigenvalue weighted by atomic mass is 10.0. The maximum absolute atomic E-state index is 14.2. The highest BCUT2D eigenvalue weighted by Gasteiger charge is 2.45. The zero-order valence-electron chi connectivity index (χ0n) is 13.6. The van der Waals surface area contributed by atoms with E-state index in [1.165, 1.54) is 26.4 Å². The number of nitrogens with one attached hydrogen (secondary N) is 1. The molecule has 0 atom stereocenters. The van der Waals surface area contributed by atoms with Gasteiger partial charge in [0.15, 0.2) is 11.5 Å². The molecule has 1 N–H and O–H groups in total. The van der Waals surface area contributed by atoms with Crippen LogP contribution in [-0.4, -0.2) is 31.7 Å². The number of ether oxygens (including phenoxy) is 2. The molecule has 1 aliphatic rings. The topological polar surface area (TPSA) is 60.5 Å². The third-order valence-corrected chi connectivity index (χ3v) is 4.37. The summed E-state index contributed by atoms with van der Waals surface area (Å²) in [6.07, 6.45) is 3.63. The van der Waals surface area contributed by atoms with Crippen molar-refractivity contribution in [1.29, 1.82) is 0 Å². The molecule has 0 radical (unpaired) electrons. The Bertz CT molecular complexity index is 745. The zero-order valence-corrected chi connectivity index (χ0v) is 13.6. The Hall–Kier alpha value is -2.63. The molecule has 1 fully saturated rings. The fraction of sp³-hybridized carbons (Fsp3) is 0.333. The highest BCUT2D eigenvalue weighted by atomic mass is 19.1. The Labute approximate surface area is 139 Å². The second-order valence-electron chi connectivity index (χ2n) is 5.84. The van der Waals surface area contributed by atoms with Gasteiger partial charge in [-0.1, -0.05) is 6.07 Å². The summed E-state index contributed by atoms with van der Waals surface area (Å²) in [6.45, 7) is 0.405. The van der Waals surface area contributed by atoms with Gasteiger partial charge in [0.1, 0.15) is 11.4 Å². The van der Waals surface area contributed by atoms with Crippen molar-refractivity contribution >= 4 is 5.91 Å². The molecule has 24 heavy (non-hydrogen) atoms. The van der Waals surface area contributed by atoms with Crippen molar-refractivity contribution in [3.8, 4) is 11.5 Å². The molecule has 1 aromatic heterocycles. The number of rotatable bonds is 6. The van der Waals surface area contributed by atoms with Gasteiger partial charge in [-0.05, 0) is 37.1 Å². The van der Waals surface area contributed by atoms with Crippen LogP contribution in [0, 0.1) is 5.82 Å². The van der Waals surface area contributed by atoms with Crippen LogP contribution in [0.2, 0.25) is 0 Å². The smallest absolute Gasteiger partial charge is 0.258 e. The van der Waals surface area contributed by atoms with E-state index < -0.39 is 11.7 Å². The van der Waals surface area contributed by atoms with Crippen LogP contribution in [0.3, 0.4) is 0 Å². The number of methoxy groups -OCH3 is 2. The molecule has 2 aromatic rings. The summed E-state index contributed by atoms with van der Waals surface area (Å²) in [5.41, 5.74) is 0.650. The Kier molecular flexibility index (Phi) is 4.38. The lowest BCUT2D eigenvalue weighted by Crippen LogP contribution is -2.33. The van der Waals surface area contributed by atoms with Crippen LogP contribution in [0.15, 0.2) is 36.5 Å². The third kappa shape index (κ3) is 2.91. The van der Waals surface area contributed by atoms with Gasteiger partial charge in [0.25, 0.3) is 5.91 Å². The molecular weight excluding hydrogens is 311 g/mol. The fourth-order valence-electron chi connectivity index (χ4n) is 2.80. The summed E-state index contributed by atoms with van der Waals surface area (Å²) in [6, 6.07) is 8.36. The van der Waals surface area contributed by atoms with Crippen molar-refractivity contribution < 1.29 is 18.7 Å². The molecular formula is C18H19FN2O3. The molecule has 0 unspecified atom stereocenters. The molecule has 1 aromatic carbocycles. The number of hydrogen-bond donors (Lipinski definition) is 1. The predicted molar refractivity (Wildman–Crippen MR) is 87.0 cm³/mol. The molecule has 0 saturated heterocycles. The number of nitrogens with zero attached hydrogens (tertiary/aromatic N) is 1. The van der Waals surface area contributed by atoms with E-state index >= 15 is 0 Å². The lowest BCUT2D eigenvalue weighted by Gasteiger charge is -2.17. The van der Waals surface area contributed by atoms with Crippen LogP contribution in [-0.2, 0) is 5.41 Å². The van der Waals surface area contributed by atoms with Crippen LogP contribution in [0.5, 0.6) is 11.5 Å². The van der Waals surface area contributed by atoms with Crippen molar-refractivity contribution in [3.05, 3.63) is 53.6 Å². The van der Waals surface area contributed by atoms with Crippen LogP contribution in [0.25, 0.3) is 0 Å². The Balaban J connectivity index is 1.79. The number of amides is 1. The zero-order chi connectivity index (χ0) is 17.2. The van der Waals surface area contributed by atoms with Gasteiger partial charge < -0.3 is 14.8 Å². The van der Waals surface area contributed by atoms with Gasteiger partial charge in [0.05, 0.1) is 14.2 Å². The monoisotopic (exact) mass is 330 g/mol. The summed E-state index contributed by atoms with van der Waals surface area (Å²) in [4.78, 5) is 16.9. The molecule has 0 spiro atoms. The fourth-order valence-corrected chi connectivity index (χ4v) is 2.80. The first-order chi connectivity index (χ1) is 11.6. The van der Waals surface area contributed by atoms with Gasteiger partial charge in [-0.15, -0.1) is 0 Å².